The second-order valence-corrected chi connectivity index (χ2v) is 6.08. The molecule has 0 unspecified atom stereocenters. The molecule has 0 bridgehead atoms. The minimum atomic E-state index is -0.467. The predicted octanol–water partition coefficient (Wildman–Crippen LogP) is 3.97. The third-order valence-corrected chi connectivity index (χ3v) is 3.94. The Kier molecular flexibility index (Phi) is 4.11. The molecule has 0 N–H and O–H groups in total. The van der Waals surface area contributed by atoms with Gasteiger partial charge in [-0.15, -0.1) is 0 Å². The summed E-state index contributed by atoms with van der Waals surface area (Å²) in [6, 6.07) is 4.28. The second-order valence-electron chi connectivity index (χ2n) is 6.08. The van der Waals surface area contributed by atoms with Crippen LogP contribution < -0.4 is 0 Å². The summed E-state index contributed by atoms with van der Waals surface area (Å²) >= 11 is 0. The van der Waals surface area contributed by atoms with E-state index in [9.17, 15) is 14.9 Å². The molecule has 2 rings (SSSR count). The second kappa shape index (κ2) is 5.68. The molecule has 0 radical (unpaired) electrons. The number of ether oxygens (including phenoxy) is 1. The zero-order chi connectivity index (χ0) is 15.6. The molecule has 1 aliphatic carbocycles. The molecule has 0 spiro atoms. The van der Waals surface area contributed by atoms with Gasteiger partial charge in [-0.3, -0.25) is 10.1 Å². The maximum Gasteiger partial charge on any atom is 0.338 e. The fourth-order valence-corrected chi connectivity index (χ4v) is 2.52. The third-order valence-electron chi connectivity index (χ3n) is 3.94. The van der Waals surface area contributed by atoms with Crippen LogP contribution in [0.3, 0.4) is 0 Å². The Hall–Kier alpha value is -2.17. The normalized spacial score (nSPS) is 17.0. The van der Waals surface area contributed by atoms with E-state index in [1.807, 2.05) is 0 Å². The highest BCUT2D eigenvalue weighted by Crippen LogP contribution is 2.39. The number of allylic oxidation sites excluding steroid dienone is 2. The average molecular weight is 289 g/mol. The monoisotopic (exact) mass is 289 g/mol. The molecule has 0 aromatic heterocycles. The van der Waals surface area contributed by atoms with Crippen molar-refractivity contribution in [3.8, 4) is 0 Å². The van der Waals surface area contributed by atoms with E-state index >= 15 is 0 Å². The third kappa shape index (κ3) is 3.29. The largest absolute Gasteiger partial charge is 0.465 e. The standard InChI is InChI=1S/C16H19NO4/c1-16(2)8-6-11(7-9-16)14-10-12(17(19)20)4-5-13(14)15(18)21-3/h4-6,10H,7-9H2,1-3H3. The first-order chi connectivity index (χ1) is 9.84. The number of non-ortho nitro benzene ring substituents is 1. The summed E-state index contributed by atoms with van der Waals surface area (Å²) in [5, 5.41) is 11.0. The first-order valence-corrected chi connectivity index (χ1v) is 6.90. The van der Waals surface area contributed by atoms with Crippen molar-refractivity contribution in [3.63, 3.8) is 0 Å². The van der Waals surface area contributed by atoms with E-state index in [0.29, 0.717) is 11.1 Å². The van der Waals surface area contributed by atoms with Crippen molar-refractivity contribution >= 4 is 17.2 Å². The van der Waals surface area contributed by atoms with Crippen LogP contribution in [0.4, 0.5) is 5.69 Å². The van der Waals surface area contributed by atoms with Gasteiger partial charge in [0, 0.05) is 12.1 Å². The van der Waals surface area contributed by atoms with E-state index in [1.165, 1.54) is 25.3 Å². The van der Waals surface area contributed by atoms with Gasteiger partial charge in [0.2, 0.25) is 0 Å². The van der Waals surface area contributed by atoms with E-state index in [2.05, 4.69) is 19.9 Å². The van der Waals surface area contributed by atoms with Crippen molar-refractivity contribution in [3.05, 3.63) is 45.5 Å². The van der Waals surface area contributed by atoms with Crippen molar-refractivity contribution in [2.75, 3.05) is 7.11 Å². The number of esters is 1. The summed E-state index contributed by atoms with van der Waals surface area (Å²) in [6.07, 6.45) is 4.76. The number of nitro benzene ring substituents is 1. The number of methoxy groups -OCH3 is 1. The molecule has 5 heteroatoms. The molecule has 0 atom stereocenters. The Morgan fingerprint density at radius 1 is 1.38 bits per heavy atom. The van der Waals surface area contributed by atoms with Crippen LogP contribution in [0.15, 0.2) is 24.3 Å². The maximum atomic E-state index is 11.9. The van der Waals surface area contributed by atoms with E-state index in [-0.39, 0.29) is 11.1 Å². The molecule has 5 nitrogen and oxygen atoms in total. The SMILES string of the molecule is COC(=O)c1ccc([N+](=O)[O-])cc1C1=CCC(C)(C)CC1. The number of carbonyl (C=O) groups excluding carboxylic acids is 1. The average Bonchev–Trinajstić information content (AvgIpc) is 2.45. The molecule has 0 saturated carbocycles. The Bertz CT molecular complexity index is 617. The highest BCUT2D eigenvalue weighted by Gasteiger charge is 2.25. The minimum absolute atomic E-state index is 0.0108. The molecule has 0 amide bonds. The predicted molar refractivity (Wildman–Crippen MR) is 80.0 cm³/mol. The number of carbonyl (C=O) groups is 1. The van der Waals surface area contributed by atoms with Crippen molar-refractivity contribution in [1.82, 2.24) is 0 Å². The fraction of sp³-hybridized carbons (Fsp3) is 0.438. The number of benzene rings is 1. The van der Waals surface area contributed by atoms with Gasteiger partial charge in [-0.25, -0.2) is 4.79 Å². The number of hydrogen-bond donors (Lipinski definition) is 0. The summed E-state index contributed by atoms with van der Waals surface area (Å²) < 4.78 is 4.77. The van der Waals surface area contributed by atoms with Crippen LogP contribution in [-0.4, -0.2) is 18.0 Å². The molecule has 1 aromatic rings. The lowest BCUT2D eigenvalue weighted by Crippen LogP contribution is -2.15. The van der Waals surface area contributed by atoms with Gasteiger partial charge in [-0.05, 0) is 41.9 Å². The lowest BCUT2D eigenvalue weighted by molar-refractivity contribution is -0.384. The highest BCUT2D eigenvalue weighted by molar-refractivity contribution is 5.96. The number of rotatable bonds is 3. The topological polar surface area (TPSA) is 69.4 Å². The van der Waals surface area contributed by atoms with Crippen molar-refractivity contribution < 1.29 is 14.5 Å². The smallest absolute Gasteiger partial charge is 0.338 e. The zero-order valence-electron chi connectivity index (χ0n) is 12.5. The van der Waals surface area contributed by atoms with E-state index < -0.39 is 10.9 Å². The summed E-state index contributed by atoms with van der Waals surface area (Å²) in [7, 11) is 1.31. The van der Waals surface area contributed by atoms with Gasteiger partial charge in [-0.2, -0.15) is 0 Å². The van der Waals surface area contributed by atoms with Crippen LogP contribution in [-0.2, 0) is 4.74 Å². The summed E-state index contributed by atoms with van der Waals surface area (Å²) in [6.45, 7) is 4.38. The van der Waals surface area contributed by atoms with Gasteiger partial charge in [0.25, 0.3) is 5.69 Å². The number of nitrogens with zero attached hydrogens (tertiary/aromatic N) is 1. The van der Waals surface area contributed by atoms with Crippen LogP contribution in [0.5, 0.6) is 0 Å². The molecular formula is C16H19NO4. The Balaban J connectivity index is 2.49. The zero-order valence-corrected chi connectivity index (χ0v) is 12.5. The molecule has 21 heavy (non-hydrogen) atoms. The molecule has 112 valence electrons. The van der Waals surface area contributed by atoms with Gasteiger partial charge < -0.3 is 4.74 Å². The molecule has 0 saturated heterocycles. The van der Waals surface area contributed by atoms with Crippen molar-refractivity contribution in [2.24, 2.45) is 5.41 Å². The highest BCUT2D eigenvalue weighted by atomic mass is 16.6. The van der Waals surface area contributed by atoms with E-state index in [0.717, 1.165) is 24.8 Å². The molecule has 0 aliphatic heterocycles. The summed E-state index contributed by atoms with van der Waals surface area (Å²) in [5.41, 5.74) is 2.21. The van der Waals surface area contributed by atoms with Gasteiger partial charge >= 0.3 is 5.97 Å². The van der Waals surface area contributed by atoms with Crippen molar-refractivity contribution in [2.45, 2.75) is 33.1 Å². The molecule has 1 aromatic carbocycles. The molecule has 0 heterocycles. The van der Waals surface area contributed by atoms with Gasteiger partial charge in [0.1, 0.15) is 0 Å². The lowest BCUT2D eigenvalue weighted by Gasteiger charge is -2.29. The molecule has 1 aliphatic rings. The minimum Gasteiger partial charge on any atom is -0.465 e. The Labute approximate surface area is 123 Å². The Morgan fingerprint density at radius 2 is 2.10 bits per heavy atom. The Morgan fingerprint density at radius 3 is 2.62 bits per heavy atom. The maximum absolute atomic E-state index is 11.9. The lowest BCUT2D eigenvalue weighted by atomic mass is 9.76. The first kappa shape index (κ1) is 15.2. The fourth-order valence-electron chi connectivity index (χ4n) is 2.52. The van der Waals surface area contributed by atoms with Crippen LogP contribution in [0.25, 0.3) is 5.57 Å². The van der Waals surface area contributed by atoms with Crippen LogP contribution in [0.2, 0.25) is 0 Å². The first-order valence-electron chi connectivity index (χ1n) is 6.90. The van der Waals surface area contributed by atoms with Crippen LogP contribution >= 0.6 is 0 Å². The summed E-state index contributed by atoms with van der Waals surface area (Å²) in [5.74, 6) is -0.467. The van der Waals surface area contributed by atoms with E-state index in [1.54, 1.807) is 0 Å². The van der Waals surface area contributed by atoms with Crippen LogP contribution in [0.1, 0.15) is 49.0 Å². The quantitative estimate of drug-likeness (QED) is 0.479. The summed E-state index contributed by atoms with van der Waals surface area (Å²) in [4.78, 5) is 22.4. The van der Waals surface area contributed by atoms with Gasteiger partial charge in [0.15, 0.2) is 0 Å². The van der Waals surface area contributed by atoms with Gasteiger partial charge in [-0.1, -0.05) is 19.9 Å². The molecule has 0 fully saturated rings. The van der Waals surface area contributed by atoms with Gasteiger partial charge in [0.05, 0.1) is 17.6 Å². The molecular weight excluding hydrogens is 270 g/mol. The number of nitro groups is 1. The number of hydrogen-bond acceptors (Lipinski definition) is 4. The van der Waals surface area contributed by atoms with Crippen molar-refractivity contribution in [1.29, 1.82) is 0 Å². The van der Waals surface area contributed by atoms with E-state index in [4.69, 9.17) is 4.74 Å². The van der Waals surface area contributed by atoms with Crippen LogP contribution in [0, 0.1) is 15.5 Å².